The van der Waals surface area contributed by atoms with E-state index in [0.29, 0.717) is 12.8 Å². The zero-order chi connectivity index (χ0) is 53.2. The standard InChI is InChI=1S/C58H108O15/c1-3-5-7-9-11-13-15-17-19-20-21-22-23-24-25-27-28-30-32-34-36-38-40-49(60)68-43-46(71-50(61)41-39-37-35-33-31-29-26-18-16-14-12-10-8-6-4-2)44-69-57-56(67)54(65)52(63)48(73-57)45-70-58-55(66)53(64)51(62)47(42-59)72-58/h31,33,46-48,51-59,62-67H,3-30,32,34-45H2,1-2H3/b33-31+/t46-,47+,48+,51-,52-,53?,54?,55?,56?,57+,58+/m0/s1. The lowest BCUT2D eigenvalue weighted by Gasteiger charge is -2.42. The highest BCUT2D eigenvalue weighted by molar-refractivity contribution is 5.70. The summed E-state index contributed by atoms with van der Waals surface area (Å²) in [6.45, 7) is 2.62. The smallest absolute Gasteiger partial charge is 0.306 e. The Kier molecular flexibility index (Phi) is 41.8. The van der Waals surface area contributed by atoms with Gasteiger partial charge in [-0.05, 0) is 38.5 Å². The summed E-state index contributed by atoms with van der Waals surface area (Å²) in [5, 5.41) is 72.3. The molecule has 0 aliphatic carbocycles. The highest BCUT2D eigenvalue weighted by atomic mass is 16.7. The molecule has 0 aromatic carbocycles. The van der Waals surface area contributed by atoms with E-state index in [1.807, 2.05) is 0 Å². The zero-order valence-electron chi connectivity index (χ0n) is 45.9. The number of carbonyl (C=O) groups is 2. The number of aliphatic hydroxyl groups excluding tert-OH is 7. The number of rotatable bonds is 48. The Morgan fingerprint density at radius 2 is 0.781 bits per heavy atom. The molecule has 430 valence electrons. The van der Waals surface area contributed by atoms with E-state index in [-0.39, 0.29) is 26.1 Å². The molecule has 4 unspecified atom stereocenters. The van der Waals surface area contributed by atoms with Crippen LogP contribution in [0.2, 0.25) is 0 Å². The maximum Gasteiger partial charge on any atom is 0.306 e. The zero-order valence-corrected chi connectivity index (χ0v) is 45.9. The average Bonchev–Trinajstić information content (AvgIpc) is 3.38. The molecule has 0 aromatic rings. The third-order valence-electron chi connectivity index (χ3n) is 14.5. The third-order valence-corrected chi connectivity index (χ3v) is 14.5. The van der Waals surface area contributed by atoms with Crippen molar-refractivity contribution in [1.29, 1.82) is 0 Å². The first-order valence-electron chi connectivity index (χ1n) is 29.8. The van der Waals surface area contributed by atoms with E-state index in [0.717, 1.165) is 38.5 Å². The minimum atomic E-state index is -1.76. The molecule has 2 aliphatic rings. The van der Waals surface area contributed by atoms with Gasteiger partial charge in [-0.15, -0.1) is 0 Å². The number of carbonyl (C=O) groups excluding carboxylic acids is 2. The summed E-state index contributed by atoms with van der Waals surface area (Å²) in [5.41, 5.74) is 0. The van der Waals surface area contributed by atoms with Gasteiger partial charge in [-0.2, -0.15) is 0 Å². The Labute approximate surface area is 441 Å². The third kappa shape index (κ3) is 32.6. The highest BCUT2D eigenvalue weighted by Crippen LogP contribution is 2.27. The lowest BCUT2D eigenvalue weighted by molar-refractivity contribution is -0.332. The van der Waals surface area contributed by atoms with Crippen molar-refractivity contribution in [2.45, 2.75) is 319 Å². The predicted octanol–water partition coefficient (Wildman–Crippen LogP) is 10.1. The number of aliphatic hydroxyl groups is 7. The first kappa shape index (κ1) is 67.3. The van der Waals surface area contributed by atoms with Gasteiger partial charge in [-0.1, -0.05) is 212 Å². The molecule has 2 fully saturated rings. The van der Waals surface area contributed by atoms with Crippen LogP contribution in [0.3, 0.4) is 0 Å². The molecule has 0 amide bonds. The highest BCUT2D eigenvalue weighted by Gasteiger charge is 2.47. The van der Waals surface area contributed by atoms with E-state index >= 15 is 0 Å². The molecule has 2 saturated heterocycles. The summed E-state index contributed by atoms with van der Waals surface area (Å²) in [4.78, 5) is 25.9. The van der Waals surface area contributed by atoms with Crippen LogP contribution in [0.4, 0.5) is 0 Å². The van der Waals surface area contributed by atoms with Crippen molar-refractivity contribution in [3.8, 4) is 0 Å². The molecule has 2 aliphatic heterocycles. The van der Waals surface area contributed by atoms with Crippen molar-refractivity contribution in [3.05, 3.63) is 12.2 Å². The molecular formula is C58H108O15. The Hall–Kier alpha value is -1.76. The fraction of sp³-hybridized carbons (Fsp3) is 0.931. The van der Waals surface area contributed by atoms with Crippen molar-refractivity contribution >= 4 is 11.9 Å². The molecule has 0 radical (unpaired) electrons. The van der Waals surface area contributed by atoms with Crippen LogP contribution in [-0.2, 0) is 38.0 Å². The van der Waals surface area contributed by atoms with Gasteiger partial charge in [-0.25, -0.2) is 0 Å². The fourth-order valence-electron chi connectivity index (χ4n) is 9.63. The van der Waals surface area contributed by atoms with Crippen molar-refractivity contribution in [3.63, 3.8) is 0 Å². The second kappa shape index (κ2) is 45.3. The molecule has 0 bridgehead atoms. The van der Waals surface area contributed by atoms with Gasteiger partial charge in [0, 0.05) is 12.8 Å². The molecule has 15 nitrogen and oxygen atoms in total. The van der Waals surface area contributed by atoms with Crippen LogP contribution in [0.15, 0.2) is 12.2 Å². The minimum absolute atomic E-state index is 0.140. The van der Waals surface area contributed by atoms with Crippen molar-refractivity contribution in [1.82, 2.24) is 0 Å². The molecule has 0 spiro atoms. The molecule has 2 heterocycles. The van der Waals surface area contributed by atoms with E-state index < -0.39 is 92.7 Å². The molecule has 2 rings (SSSR count). The summed E-state index contributed by atoms with van der Waals surface area (Å²) in [6.07, 6.45) is 31.0. The second-order valence-electron chi connectivity index (χ2n) is 21.2. The lowest BCUT2D eigenvalue weighted by Crippen LogP contribution is -2.61. The summed E-state index contributed by atoms with van der Waals surface area (Å²) < 4.78 is 33.7. The molecule has 0 saturated carbocycles. The van der Waals surface area contributed by atoms with E-state index in [4.69, 9.17) is 28.4 Å². The summed E-state index contributed by atoms with van der Waals surface area (Å²) >= 11 is 0. The Balaban J connectivity index is 1.73. The van der Waals surface area contributed by atoms with Crippen LogP contribution in [0.1, 0.15) is 251 Å². The maximum atomic E-state index is 13.0. The number of hydrogen-bond acceptors (Lipinski definition) is 15. The first-order chi connectivity index (χ1) is 35.5. The molecular weight excluding hydrogens is 937 g/mol. The van der Waals surface area contributed by atoms with Gasteiger partial charge in [0.2, 0.25) is 0 Å². The number of unbranched alkanes of at least 4 members (excludes halogenated alkanes) is 32. The normalized spacial score (nSPS) is 24.8. The van der Waals surface area contributed by atoms with Crippen LogP contribution in [0, 0.1) is 0 Å². The lowest BCUT2D eigenvalue weighted by atomic mass is 9.98. The molecule has 15 heteroatoms. The summed E-state index contributed by atoms with van der Waals surface area (Å²) in [5.74, 6) is -0.935. The van der Waals surface area contributed by atoms with Gasteiger partial charge in [-0.3, -0.25) is 9.59 Å². The minimum Gasteiger partial charge on any atom is -0.462 e. The quantitative estimate of drug-likeness (QED) is 0.0171. The Bertz CT molecular complexity index is 1320. The molecule has 73 heavy (non-hydrogen) atoms. The largest absolute Gasteiger partial charge is 0.462 e. The van der Waals surface area contributed by atoms with Gasteiger partial charge in [0.15, 0.2) is 18.7 Å². The topological polar surface area (TPSA) is 231 Å². The van der Waals surface area contributed by atoms with Crippen LogP contribution in [-0.4, -0.2) is 142 Å². The van der Waals surface area contributed by atoms with Crippen molar-refractivity contribution < 1.29 is 73.8 Å². The van der Waals surface area contributed by atoms with Gasteiger partial charge in [0.25, 0.3) is 0 Å². The second-order valence-corrected chi connectivity index (χ2v) is 21.2. The Morgan fingerprint density at radius 3 is 1.23 bits per heavy atom. The van der Waals surface area contributed by atoms with Crippen LogP contribution in [0.25, 0.3) is 0 Å². The maximum absolute atomic E-state index is 13.0. The molecule has 0 aromatic heterocycles. The van der Waals surface area contributed by atoms with Crippen LogP contribution < -0.4 is 0 Å². The monoisotopic (exact) mass is 1040 g/mol. The molecule has 7 N–H and O–H groups in total. The first-order valence-corrected chi connectivity index (χ1v) is 29.8. The van der Waals surface area contributed by atoms with Gasteiger partial charge >= 0.3 is 11.9 Å². The van der Waals surface area contributed by atoms with Crippen molar-refractivity contribution in [2.24, 2.45) is 0 Å². The number of allylic oxidation sites excluding steroid dienone is 2. The SMILES string of the molecule is CCCCCCCCCCC/C=C/CCCCC(=O)O[C@@H](COC(=O)CCCCCCCCCCCCCCCCCCCCCCCC)CO[C@@H]1O[C@H](CO[C@@H]2O[C@H](CO)[C@H](O)C(O)C2O)[C@H](O)C(O)C1O. The van der Waals surface area contributed by atoms with E-state index in [1.165, 1.54) is 173 Å². The van der Waals surface area contributed by atoms with E-state index in [1.54, 1.807) is 0 Å². The van der Waals surface area contributed by atoms with Gasteiger partial charge < -0.3 is 64.2 Å². The number of hydrogen-bond donors (Lipinski definition) is 7. The number of esters is 2. The van der Waals surface area contributed by atoms with Crippen molar-refractivity contribution in [2.75, 3.05) is 26.4 Å². The van der Waals surface area contributed by atoms with E-state index in [2.05, 4.69) is 26.0 Å². The average molecular weight is 1050 g/mol. The predicted molar refractivity (Wildman–Crippen MR) is 285 cm³/mol. The van der Waals surface area contributed by atoms with Crippen LogP contribution >= 0.6 is 0 Å². The fourth-order valence-corrected chi connectivity index (χ4v) is 9.63. The van der Waals surface area contributed by atoms with E-state index in [9.17, 15) is 45.3 Å². The Morgan fingerprint density at radius 1 is 0.425 bits per heavy atom. The summed E-state index contributed by atoms with van der Waals surface area (Å²) in [7, 11) is 0. The van der Waals surface area contributed by atoms with Gasteiger partial charge in [0.1, 0.15) is 55.4 Å². The van der Waals surface area contributed by atoms with Gasteiger partial charge in [0.05, 0.1) is 19.8 Å². The number of ether oxygens (including phenoxy) is 6. The molecule has 11 atom stereocenters. The van der Waals surface area contributed by atoms with Crippen LogP contribution in [0.5, 0.6) is 0 Å². The summed E-state index contributed by atoms with van der Waals surface area (Å²) in [6, 6.07) is 0.